The van der Waals surface area contributed by atoms with Crippen LogP contribution >= 0.6 is 0 Å². The molecule has 2 aliphatic heterocycles. The number of carbonyl (C=O) groups excluding carboxylic acids is 2. The fourth-order valence-corrected chi connectivity index (χ4v) is 3.45. The van der Waals surface area contributed by atoms with Gasteiger partial charge < -0.3 is 14.5 Å². The molecule has 0 bridgehead atoms. The Morgan fingerprint density at radius 2 is 1.58 bits per heavy atom. The number of rotatable bonds is 4. The van der Waals surface area contributed by atoms with Crippen molar-refractivity contribution >= 4 is 11.8 Å². The number of ether oxygens (including phenoxy) is 1. The van der Waals surface area contributed by atoms with E-state index in [9.17, 15) is 9.59 Å². The quantitative estimate of drug-likeness (QED) is 0.813. The van der Waals surface area contributed by atoms with Crippen molar-refractivity contribution in [2.45, 2.75) is 20.3 Å². The highest BCUT2D eigenvalue weighted by molar-refractivity contribution is 5.94. The van der Waals surface area contributed by atoms with Crippen molar-refractivity contribution in [3.63, 3.8) is 0 Å². The molecule has 2 amide bonds. The van der Waals surface area contributed by atoms with Crippen molar-refractivity contribution < 1.29 is 14.3 Å². The Hall–Kier alpha value is -1.92. The number of carbonyl (C=O) groups is 2. The Balaban J connectivity index is 1.46. The van der Waals surface area contributed by atoms with Gasteiger partial charge in [0.25, 0.3) is 5.91 Å². The Morgan fingerprint density at radius 3 is 2.23 bits per heavy atom. The Labute approximate surface area is 155 Å². The van der Waals surface area contributed by atoms with E-state index in [4.69, 9.17) is 4.74 Å². The predicted octanol–water partition coefficient (Wildman–Crippen LogP) is 1.31. The Kier molecular flexibility index (Phi) is 6.27. The van der Waals surface area contributed by atoms with Gasteiger partial charge in [-0.25, -0.2) is 0 Å². The minimum atomic E-state index is 0.0634. The van der Waals surface area contributed by atoms with Gasteiger partial charge in [0, 0.05) is 57.8 Å². The highest BCUT2D eigenvalue weighted by Crippen LogP contribution is 2.14. The smallest absolute Gasteiger partial charge is 0.253 e. The topological polar surface area (TPSA) is 53.1 Å². The molecule has 26 heavy (non-hydrogen) atoms. The van der Waals surface area contributed by atoms with Gasteiger partial charge in [0.05, 0.1) is 13.2 Å². The lowest BCUT2D eigenvalue weighted by Gasteiger charge is -2.35. The molecule has 0 saturated carbocycles. The molecule has 142 valence electrons. The van der Waals surface area contributed by atoms with E-state index < -0.39 is 0 Å². The molecule has 0 aromatic heterocycles. The standard InChI is InChI=1S/C20H29N3O3/c1-16-3-4-18(15-17(16)2)20(25)23-9-7-22(8-10-23)19(24)5-6-21-11-13-26-14-12-21/h3-4,15H,5-14H2,1-2H3. The first kappa shape index (κ1) is 18.9. The van der Waals surface area contributed by atoms with Crippen molar-refractivity contribution in [3.05, 3.63) is 34.9 Å². The molecule has 1 aromatic rings. The molecule has 2 saturated heterocycles. The van der Waals surface area contributed by atoms with Crippen LogP contribution in [0.25, 0.3) is 0 Å². The van der Waals surface area contributed by atoms with E-state index in [2.05, 4.69) is 4.90 Å². The summed E-state index contributed by atoms with van der Waals surface area (Å²) in [5.74, 6) is 0.253. The third kappa shape index (κ3) is 4.62. The molecule has 0 aliphatic carbocycles. The average Bonchev–Trinajstić information content (AvgIpc) is 2.68. The second kappa shape index (κ2) is 8.64. The van der Waals surface area contributed by atoms with Gasteiger partial charge in [-0.3, -0.25) is 14.5 Å². The third-order valence-corrected chi connectivity index (χ3v) is 5.42. The van der Waals surface area contributed by atoms with Gasteiger partial charge in [0.2, 0.25) is 5.91 Å². The van der Waals surface area contributed by atoms with Crippen LogP contribution in [-0.2, 0) is 9.53 Å². The maximum atomic E-state index is 12.7. The zero-order valence-electron chi connectivity index (χ0n) is 15.9. The van der Waals surface area contributed by atoms with E-state index in [-0.39, 0.29) is 11.8 Å². The summed E-state index contributed by atoms with van der Waals surface area (Å²) in [4.78, 5) is 31.1. The summed E-state index contributed by atoms with van der Waals surface area (Å²) in [7, 11) is 0. The molecule has 3 rings (SSSR count). The average molecular weight is 359 g/mol. The van der Waals surface area contributed by atoms with Crippen molar-refractivity contribution in [3.8, 4) is 0 Å². The third-order valence-electron chi connectivity index (χ3n) is 5.42. The molecule has 0 N–H and O–H groups in total. The summed E-state index contributed by atoms with van der Waals surface area (Å²) in [5, 5.41) is 0. The number of benzene rings is 1. The second-order valence-corrected chi connectivity index (χ2v) is 7.18. The van der Waals surface area contributed by atoms with Crippen molar-refractivity contribution in [1.29, 1.82) is 0 Å². The monoisotopic (exact) mass is 359 g/mol. The summed E-state index contributed by atoms with van der Waals surface area (Å²) >= 11 is 0. The molecule has 0 atom stereocenters. The molecule has 2 fully saturated rings. The van der Waals surface area contributed by atoms with Crippen LogP contribution in [0.4, 0.5) is 0 Å². The molecular formula is C20H29N3O3. The molecule has 0 spiro atoms. The van der Waals surface area contributed by atoms with E-state index in [1.807, 2.05) is 41.8 Å². The molecule has 0 radical (unpaired) electrons. The van der Waals surface area contributed by atoms with Gasteiger partial charge in [-0.2, -0.15) is 0 Å². The largest absolute Gasteiger partial charge is 0.379 e. The zero-order chi connectivity index (χ0) is 18.5. The van der Waals surface area contributed by atoms with Crippen LogP contribution in [0.5, 0.6) is 0 Å². The fourth-order valence-electron chi connectivity index (χ4n) is 3.45. The molecule has 2 aliphatic rings. The summed E-state index contributed by atoms with van der Waals surface area (Å²) in [6.07, 6.45) is 0.547. The molecule has 6 heteroatoms. The first-order chi connectivity index (χ1) is 12.5. The lowest BCUT2D eigenvalue weighted by molar-refractivity contribution is -0.133. The van der Waals surface area contributed by atoms with Crippen LogP contribution in [0.2, 0.25) is 0 Å². The fraction of sp³-hybridized carbons (Fsp3) is 0.600. The second-order valence-electron chi connectivity index (χ2n) is 7.18. The van der Waals surface area contributed by atoms with Crippen molar-refractivity contribution in [1.82, 2.24) is 14.7 Å². The lowest BCUT2D eigenvalue weighted by Crippen LogP contribution is -2.51. The van der Waals surface area contributed by atoms with Gasteiger partial charge in [0.1, 0.15) is 0 Å². The van der Waals surface area contributed by atoms with E-state index in [1.165, 1.54) is 5.56 Å². The summed E-state index contributed by atoms with van der Waals surface area (Å²) in [5.41, 5.74) is 3.06. The van der Waals surface area contributed by atoms with Crippen molar-refractivity contribution in [2.24, 2.45) is 0 Å². The number of amides is 2. The number of morpholine rings is 1. The Morgan fingerprint density at radius 1 is 0.923 bits per heavy atom. The minimum Gasteiger partial charge on any atom is -0.379 e. The van der Waals surface area contributed by atoms with Crippen LogP contribution in [0.15, 0.2) is 18.2 Å². The normalized spacial score (nSPS) is 18.8. The van der Waals surface area contributed by atoms with Crippen LogP contribution in [0.1, 0.15) is 27.9 Å². The van der Waals surface area contributed by atoms with E-state index in [0.29, 0.717) is 32.6 Å². The first-order valence-corrected chi connectivity index (χ1v) is 9.49. The van der Waals surface area contributed by atoms with Crippen LogP contribution in [-0.4, -0.2) is 85.5 Å². The molecule has 6 nitrogen and oxygen atoms in total. The SMILES string of the molecule is Cc1ccc(C(=O)N2CCN(C(=O)CCN3CCOCC3)CC2)cc1C. The number of aryl methyl sites for hydroxylation is 2. The van der Waals surface area contributed by atoms with Gasteiger partial charge in [-0.1, -0.05) is 6.07 Å². The van der Waals surface area contributed by atoms with Crippen molar-refractivity contribution in [2.75, 3.05) is 59.0 Å². The summed E-state index contributed by atoms with van der Waals surface area (Å²) in [6, 6.07) is 5.84. The number of hydrogen-bond donors (Lipinski definition) is 0. The van der Waals surface area contributed by atoms with Gasteiger partial charge in [-0.15, -0.1) is 0 Å². The summed E-state index contributed by atoms with van der Waals surface area (Å²) < 4.78 is 5.33. The minimum absolute atomic E-state index is 0.0634. The highest BCUT2D eigenvalue weighted by atomic mass is 16.5. The van der Waals surface area contributed by atoms with E-state index in [0.717, 1.165) is 44.0 Å². The zero-order valence-corrected chi connectivity index (χ0v) is 15.9. The maximum Gasteiger partial charge on any atom is 0.253 e. The predicted molar refractivity (Wildman–Crippen MR) is 100 cm³/mol. The lowest BCUT2D eigenvalue weighted by atomic mass is 10.1. The van der Waals surface area contributed by atoms with Crippen LogP contribution < -0.4 is 0 Å². The highest BCUT2D eigenvalue weighted by Gasteiger charge is 2.25. The first-order valence-electron chi connectivity index (χ1n) is 9.49. The molecular weight excluding hydrogens is 330 g/mol. The Bertz CT molecular complexity index is 648. The van der Waals surface area contributed by atoms with Gasteiger partial charge in [-0.05, 0) is 37.1 Å². The van der Waals surface area contributed by atoms with Gasteiger partial charge >= 0.3 is 0 Å². The number of nitrogens with zero attached hydrogens (tertiary/aromatic N) is 3. The number of piperazine rings is 1. The number of hydrogen-bond acceptors (Lipinski definition) is 4. The molecule has 1 aromatic carbocycles. The molecule has 2 heterocycles. The van der Waals surface area contributed by atoms with Crippen LogP contribution in [0, 0.1) is 13.8 Å². The molecule has 0 unspecified atom stereocenters. The maximum absolute atomic E-state index is 12.7. The summed E-state index contributed by atoms with van der Waals surface area (Å²) in [6.45, 7) is 10.7. The van der Waals surface area contributed by atoms with Gasteiger partial charge in [0.15, 0.2) is 0 Å². The van der Waals surface area contributed by atoms with E-state index >= 15 is 0 Å². The van der Waals surface area contributed by atoms with Crippen LogP contribution in [0.3, 0.4) is 0 Å². The van der Waals surface area contributed by atoms with E-state index in [1.54, 1.807) is 0 Å².